The summed E-state index contributed by atoms with van der Waals surface area (Å²) in [7, 11) is 0. The van der Waals surface area contributed by atoms with Crippen LogP contribution >= 0.6 is 0 Å². The molecule has 0 radical (unpaired) electrons. The molecule has 0 aliphatic carbocycles. The molecule has 0 aromatic heterocycles. The molecule has 0 amide bonds. The van der Waals surface area contributed by atoms with Crippen LogP contribution in [-0.4, -0.2) is 6.21 Å². The van der Waals surface area contributed by atoms with Gasteiger partial charge in [-0.1, -0.05) is 6.08 Å². The number of allylic oxidation sites excluding steroid dienone is 2. The fraction of sp³-hybridized carbons (Fsp3) is 0.250. The zero-order valence-electron chi connectivity index (χ0n) is 4.05. The monoisotopic (exact) mass is 96.1 g/mol. The van der Waals surface area contributed by atoms with E-state index in [-0.39, 0.29) is 0 Å². The number of nitrogens with zero attached hydrogens (tertiary/aromatic N) is 2. The SMILES string of the molecule is CC=C1C=NN[N-]1. The highest BCUT2D eigenvalue weighted by atomic mass is 15.6. The molecule has 1 N–H and O–H groups in total. The molecular weight excluding hydrogens is 90.1 g/mol. The van der Waals surface area contributed by atoms with E-state index in [0.717, 1.165) is 5.70 Å². The molecule has 3 nitrogen and oxygen atoms in total. The molecule has 3 heteroatoms. The highest BCUT2D eigenvalue weighted by Gasteiger charge is 1.77. The Balaban J connectivity index is 2.59. The topological polar surface area (TPSA) is 38.5 Å². The second-order valence-electron chi connectivity index (χ2n) is 1.18. The van der Waals surface area contributed by atoms with E-state index in [9.17, 15) is 0 Å². The molecule has 0 atom stereocenters. The molecule has 1 rings (SSSR count). The lowest BCUT2D eigenvalue weighted by atomic mass is 10.5. The first-order valence-corrected chi connectivity index (χ1v) is 2.08. The van der Waals surface area contributed by atoms with Crippen molar-refractivity contribution < 1.29 is 0 Å². The van der Waals surface area contributed by atoms with Crippen molar-refractivity contribution in [3.63, 3.8) is 0 Å². The second kappa shape index (κ2) is 1.64. The number of hydrogen-bond acceptors (Lipinski definition) is 2. The van der Waals surface area contributed by atoms with Crippen molar-refractivity contribution in [2.24, 2.45) is 5.10 Å². The molecule has 7 heavy (non-hydrogen) atoms. The van der Waals surface area contributed by atoms with E-state index >= 15 is 0 Å². The van der Waals surface area contributed by atoms with E-state index in [1.165, 1.54) is 0 Å². The molecule has 1 aliphatic heterocycles. The summed E-state index contributed by atoms with van der Waals surface area (Å²) in [4.78, 5) is 0. The standard InChI is InChI=1S/C4H6N3/c1-2-4-3-5-7-6-4/h2-3,7H,1H3/q-1. The Morgan fingerprint density at radius 2 is 2.86 bits per heavy atom. The van der Waals surface area contributed by atoms with Crippen molar-refractivity contribution in [3.8, 4) is 0 Å². The van der Waals surface area contributed by atoms with Crippen molar-refractivity contribution in [2.45, 2.75) is 6.92 Å². The summed E-state index contributed by atoms with van der Waals surface area (Å²) in [5.74, 6) is 0. The second-order valence-corrected chi connectivity index (χ2v) is 1.18. The lowest BCUT2D eigenvalue weighted by Crippen LogP contribution is -1.85. The van der Waals surface area contributed by atoms with E-state index in [0.29, 0.717) is 0 Å². The largest absolute Gasteiger partial charge is 0.579 e. The fourth-order valence-electron chi connectivity index (χ4n) is 0.350. The van der Waals surface area contributed by atoms with Crippen LogP contribution in [0, 0.1) is 0 Å². The Hall–Kier alpha value is -0.990. The number of hydrazone groups is 1. The van der Waals surface area contributed by atoms with Crippen molar-refractivity contribution in [3.05, 3.63) is 17.2 Å². The summed E-state index contributed by atoms with van der Waals surface area (Å²) >= 11 is 0. The molecule has 0 saturated heterocycles. The van der Waals surface area contributed by atoms with Gasteiger partial charge in [-0.3, -0.25) is 0 Å². The van der Waals surface area contributed by atoms with Crippen LogP contribution in [-0.2, 0) is 0 Å². The molecule has 0 fully saturated rings. The van der Waals surface area contributed by atoms with Crippen LogP contribution in [0.15, 0.2) is 16.9 Å². The Morgan fingerprint density at radius 3 is 3.14 bits per heavy atom. The first-order valence-electron chi connectivity index (χ1n) is 2.08. The average Bonchev–Trinajstić information content (AvgIpc) is 2.14. The summed E-state index contributed by atoms with van der Waals surface area (Å²) in [5, 5.41) is 3.63. The zero-order chi connectivity index (χ0) is 5.11. The van der Waals surface area contributed by atoms with Crippen LogP contribution in [0.4, 0.5) is 0 Å². The van der Waals surface area contributed by atoms with Crippen molar-refractivity contribution in [1.82, 2.24) is 5.53 Å². The van der Waals surface area contributed by atoms with Gasteiger partial charge in [-0.2, -0.15) is 0 Å². The summed E-state index contributed by atoms with van der Waals surface area (Å²) in [6.07, 6.45) is 3.55. The van der Waals surface area contributed by atoms with Crippen molar-refractivity contribution in [1.29, 1.82) is 0 Å². The minimum Gasteiger partial charge on any atom is -0.579 e. The smallest absolute Gasteiger partial charge is 0.0315 e. The Kier molecular flexibility index (Phi) is 0.978. The molecule has 0 spiro atoms. The maximum absolute atomic E-state index is 3.74. The number of hydrogen-bond donors (Lipinski definition) is 1. The predicted octanol–water partition coefficient (Wildman–Crippen LogP) is 0.768. The molecule has 0 aromatic rings. The van der Waals surface area contributed by atoms with Crippen molar-refractivity contribution >= 4 is 6.21 Å². The summed E-state index contributed by atoms with van der Waals surface area (Å²) in [5.41, 5.74) is 7.08. The lowest BCUT2D eigenvalue weighted by Gasteiger charge is -2.10. The minimum atomic E-state index is 0.889. The molecule has 0 bridgehead atoms. The summed E-state index contributed by atoms with van der Waals surface area (Å²) in [6.45, 7) is 1.91. The van der Waals surface area contributed by atoms with Crippen LogP contribution in [0.1, 0.15) is 6.92 Å². The first-order chi connectivity index (χ1) is 3.43. The van der Waals surface area contributed by atoms with Crippen LogP contribution < -0.4 is 5.53 Å². The van der Waals surface area contributed by atoms with E-state index in [1.54, 1.807) is 6.21 Å². The third-order valence-corrected chi connectivity index (χ3v) is 0.729. The molecule has 0 saturated carbocycles. The van der Waals surface area contributed by atoms with E-state index in [2.05, 4.69) is 16.1 Å². The van der Waals surface area contributed by atoms with Gasteiger partial charge in [0, 0.05) is 6.21 Å². The van der Waals surface area contributed by atoms with Crippen LogP contribution in [0.5, 0.6) is 0 Å². The maximum atomic E-state index is 3.74. The quantitative estimate of drug-likeness (QED) is 0.475. The molecule has 1 aliphatic rings. The van der Waals surface area contributed by atoms with Gasteiger partial charge >= 0.3 is 0 Å². The highest BCUT2D eigenvalue weighted by Crippen LogP contribution is 2.01. The van der Waals surface area contributed by atoms with Gasteiger partial charge < -0.3 is 11.0 Å². The lowest BCUT2D eigenvalue weighted by molar-refractivity contribution is 0.961. The van der Waals surface area contributed by atoms with Gasteiger partial charge in [0.2, 0.25) is 0 Å². The molecule has 1 heterocycles. The van der Waals surface area contributed by atoms with E-state index in [4.69, 9.17) is 0 Å². The van der Waals surface area contributed by atoms with Gasteiger partial charge in [-0.15, -0.1) is 5.70 Å². The van der Waals surface area contributed by atoms with Gasteiger partial charge in [0.1, 0.15) is 0 Å². The van der Waals surface area contributed by atoms with Gasteiger partial charge in [-0.05, 0) is 6.92 Å². The van der Waals surface area contributed by atoms with Gasteiger partial charge in [0.05, 0.1) is 0 Å². The van der Waals surface area contributed by atoms with Crippen molar-refractivity contribution in [2.75, 3.05) is 0 Å². The number of rotatable bonds is 0. The van der Waals surface area contributed by atoms with Crippen LogP contribution in [0.3, 0.4) is 0 Å². The third kappa shape index (κ3) is 0.707. The van der Waals surface area contributed by atoms with E-state index < -0.39 is 0 Å². The van der Waals surface area contributed by atoms with Crippen LogP contribution in [0.25, 0.3) is 5.43 Å². The van der Waals surface area contributed by atoms with Gasteiger partial charge in [0.25, 0.3) is 0 Å². The molecule has 38 valence electrons. The van der Waals surface area contributed by atoms with Gasteiger partial charge in [0.15, 0.2) is 0 Å². The summed E-state index contributed by atoms with van der Waals surface area (Å²) < 4.78 is 0. The normalized spacial score (nSPS) is 22.1. The van der Waals surface area contributed by atoms with E-state index in [1.807, 2.05) is 13.0 Å². The minimum absolute atomic E-state index is 0.889. The predicted molar refractivity (Wildman–Crippen MR) is 28.7 cm³/mol. The zero-order valence-corrected chi connectivity index (χ0v) is 4.05. The third-order valence-electron chi connectivity index (χ3n) is 0.729. The molecule has 0 unspecified atom stereocenters. The maximum Gasteiger partial charge on any atom is 0.0315 e. The Labute approximate surface area is 42.1 Å². The Bertz CT molecular complexity index is 111. The Morgan fingerprint density at radius 1 is 2.00 bits per heavy atom. The van der Waals surface area contributed by atoms with Gasteiger partial charge in [-0.25, -0.2) is 5.10 Å². The first kappa shape index (κ1) is 4.18. The highest BCUT2D eigenvalue weighted by molar-refractivity contribution is 5.83. The fourth-order valence-corrected chi connectivity index (χ4v) is 0.350. The average molecular weight is 96.1 g/mol. The molecular formula is C4H6N3-. The van der Waals surface area contributed by atoms with Crippen LogP contribution in [0.2, 0.25) is 0 Å². The summed E-state index contributed by atoms with van der Waals surface area (Å²) in [6, 6.07) is 0. The molecule has 0 aromatic carbocycles. The number of nitrogens with one attached hydrogen (secondary N) is 1.